The van der Waals surface area contributed by atoms with Gasteiger partial charge < -0.3 is 9.73 Å². The largest absolute Gasteiger partial charge is 0.423 e. The Hall–Kier alpha value is -2.75. The van der Waals surface area contributed by atoms with Crippen molar-refractivity contribution in [2.45, 2.75) is 17.7 Å². The summed E-state index contributed by atoms with van der Waals surface area (Å²) in [4.78, 5) is 12.9. The highest BCUT2D eigenvalue weighted by atomic mass is 35.5. The second-order valence-corrected chi connectivity index (χ2v) is 9.32. The van der Waals surface area contributed by atoms with E-state index in [0.717, 1.165) is 0 Å². The van der Waals surface area contributed by atoms with Gasteiger partial charge in [-0.15, -0.1) is 10.2 Å². The molecule has 1 N–H and O–H groups in total. The average Bonchev–Trinajstić information content (AvgIpc) is 3.29. The molecule has 4 rings (SSSR count). The Morgan fingerprint density at radius 3 is 2.53 bits per heavy atom. The Morgan fingerprint density at radius 2 is 1.87 bits per heavy atom. The van der Waals surface area contributed by atoms with Gasteiger partial charge in [-0.05, 0) is 55.3 Å². The van der Waals surface area contributed by atoms with E-state index in [0.29, 0.717) is 35.0 Å². The summed E-state index contributed by atoms with van der Waals surface area (Å²) >= 11 is 5.84. The van der Waals surface area contributed by atoms with Crippen LogP contribution in [-0.2, 0) is 14.8 Å². The third kappa shape index (κ3) is 4.38. The van der Waals surface area contributed by atoms with Gasteiger partial charge in [-0.1, -0.05) is 17.7 Å². The molecule has 2 aromatic carbocycles. The minimum Gasteiger partial charge on any atom is -0.423 e. The SMILES string of the molecule is O=C(Nc1cccc(-c2nnco2)c1)C1CCN(S(=O)(=O)c2ccc(Cl)cc2)CC1. The van der Waals surface area contributed by atoms with E-state index in [9.17, 15) is 13.2 Å². The number of nitrogens with zero attached hydrogens (tertiary/aromatic N) is 3. The van der Waals surface area contributed by atoms with Gasteiger partial charge in [0.1, 0.15) is 0 Å². The molecule has 2 heterocycles. The Bertz CT molecular complexity index is 1130. The first-order valence-electron chi connectivity index (χ1n) is 9.37. The first-order chi connectivity index (χ1) is 14.4. The number of anilines is 1. The van der Waals surface area contributed by atoms with E-state index in [2.05, 4.69) is 15.5 Å². The Morgan fingerprint density at radius 1 is 1.13 bits per heavy atom. The van der Waals surface area contributed by atoms with E-state index in [-0.39, 0.29) is 29.8 Å². The molecule has 0 saturated carbocycles. The van der Waals surface area contributed by atoms with Crippen LogP contribution in [-0.4, -0.2) is 41.9 Å². The molecule has 0 atom stereocenters. The highest BCUT2D eigenvalue weighted by Gasteiger charge is 2.32. The number of hydrogen-bond acceptors (Lipinski definition) is 6. The summed E-state index contributed by atoms with van der Waals surface area (Å²) in [6.07, 6.45) is 2.14. The monoisotopic (exact) mass is 446 g/mol. The molecule has 1 amide bonds. The molecule has 1 aromatic heterocycles. The fraction of sp³-hybridized carbons (Fsp3) is 0.250. The lowest BCUT2D eigenvalue weighted by Crippen LogP contribution is -2.41. The van der Waals surface area contributed by atoms with E-state index < -0.39 is 10.0 Å². The Kier molecular flexibility index (Phi) is 5.85. The van der Waals surface area contributed by atoms with Gasteiger partial charge >= 0.3 is 0 Å². The van der Waals surface area contributed by atoms with Crippen molar-refractivity contribution in [2.75, 3.05) is 18.4 Å². The topological polar surface area (TPSA) is 105 Å². The summed E-state index contributed by atoms with van der Waals surface area (Å²) in [5.74, 6) is -0.0400. The molecule has 0 aliphatic carbocycles. The number of benzene rings is 2. The number of amides is 1. The number of aromatic nitrogens is 2. The van der Waals surface area contributed by atoms with Crippen molar-refractivity contribution in [3.05, 3.63) is 59.9 Å². The fourth-order valence-corrected chi connectivity index (χ4v) is 4.98. The minimum atomic E-state index is -3.60. The zero-order valence-corrected chi connectivity index (χ0v) is 17.4. The maximum absolute atomic E-state index is 12.8. The second-order valence-electron chi connectivity index (χ2n) is 6.95. The van der Waals surface area contributed by atoms with Crippen LogP contribution < -0.4 is 5.32 Å². The molecule has 30 heavy (non-hydrogen) atoms. The molecule has 0 spiro atoms. The van der Waals surface area contributed by atoms with Gasteiger partial charge in [0.25, 0.3) is 0 Å². The second kappa shape index (κ2) is 8.55. The number of nitrogens with one attached hydrogen (secondary N) is 1. The van der Waals surface area contributed by atoms with Crippen LogP contribution in [0.3, 0.4) is 0 Å². The van der Waals surface area contributed by atoms with Crippen LogP contribution >= 0.6 is 11.6 Å². The molecule has 1 saturated heterocycles. The molecule has 156 valence electrons. The molecule has 0 bridgehead atoms. The lowest BCUT2D eigenvalue weighted by molar-refractivity contribution is -0.120. The van der Waals surface area contributed by atoms with Crippen molar-refractivity contribution in [3.63, 3.8) is 0 Å². The molecule has 8 nitrogen and oxygen atoms in total. The predicted molar refractivity (Wildman–Crippen MR) is 111 cm³/mol. The van der Waals surface area contributed by atoms with Crippen LogP contribution in [0, 0.1) is 5.92 Å². The lowest BCUT2D eigenvalue weighted by atomic mass is 9.97. The van der Waals surface area contributed by atoms with Crippen molar-refractivity contribution in [2.24, 2.45) is 5.92 Å². The van der Waals surface area contributed by atoms with Crippen molar-refractivity contribution in [3.8, 4) is 11.5 Å². The average molecular weight is 447 g/mol. The van der Waals surface area contributed by atoms with E-state index in [1.165, 1.54) is 22.8 Å². The van der Waals surface area contributed by atoms with Gasteiger partial charge in [0.2, 0.25) is 28.2 Å². The maximum atomic E-state index is 12.8. The summed E-state index contributed by atoms with van der Waals surface area (Å²) in [6.45, 7) is 0.566. The minimum absolute atomic E-state index is 0.138. The molecule has 0 unspecified atom stereocenters. The third-order valence-corrected chi connectivity index (χ3v) is 7.18. The zero-order valence-electron chi connectivity index (χ0n) is 15.9. The number of piperidine rings is 1. The number of halogens is 1. The Balaban J connectivity index is 1.38. The molecule has 3 aromatic rings. The summed E-state index contributed by atoms with van der Waals surface area (Å²) in [6, 6.07) is 13.2. The van der Waals surface area contributed by atoms with Crippen LogP contribution in [0.4, 0.5) is 5.69 Å². The van der Waals surface area contributed by atoms with Crippen molar-refractivity contribution < 1.29 is 17.6 Å². The fourth-order valence-electron chi connectivity index (χ4n) is 3.39. The normalized spacial score (nSPS) is 15.8. The molecule has 0 radical (unpaired) electrons. The zero-order chi connectivity index (χ0) is 21.1. The quantitative estimate of drug-likeness (QED) is 0.643. The number of carbonyl (C=O) groups excluding carboxylic acids is 1. The van der Waals surface area contributed by atoms with Gasteiger partial charge in [0.15, 0.2) is 0 Å². The molecule has 1 aliphatic rings. The maximum Gasteiger partial charge on any atom is 0.247 e. The van der Waals surface area contributed by atoms with E-state index >= 15 is 0 Å². The summed E-state index contributed by atoms with van der Waals surface area (Å²) < 4.78 is 32.1. The molecule has 10 heteroatoms. The smallest absolute Gasteiger partial charge is 0.247 e. The summed E-state index contributed by atoms with van der Waals surface area (Å²) in [7, 11) is -3.60. The molecule has 1 fully saturated rings. The van der Waals surface area contributed by atoms with Crippen molar-refractivity contribution >= 4 is 33.2 Å². The van der Waals surface area contributed by atoms with Crippen molar-refractivity contribution in [1.82, 2.24) is 14.5 Å². The van der Waals surface area contributed by atoms with Gasteiger partial charge in [0, 0.05) is 35.3 Å². The highest BCUT2D eigenvalue weighted by molar-refractivity contribution is 7.89. The van der Waals surface area contributed by atoms with E-state index in [4.69, 9.17) is 16.0 Å². The van der Waals surface area contributed by atoms with E-state index in [1.54, 1.807) is 30.3 Å². The van der Waals surface area contributed by atoms with Crippen LogP contribution in [0.2, 0.25) is 5.02 Å². The van der Waals surface area contributed by atoms with Gasteiger partial charge in [-0.3, -0.25) is 4.79 Å². The summed E-state index contributed by atoms with van der Waals surface area (Å²) in [5, 5.41) is 10.9. The standard InChI is InChI=1S/C20H19ClN4O4S/c21-16-4-6-18(7-5-16)30(27,28)25-10-8-14(9-11-25)19(26)23-17-3-1-2-15(12-17)20-24-22-13-29-20/h1-7,12-14H,8-11H2,(H,23,26). The van der Waals surface area contributed by atoms with E-state index in [1.807, 2.05) is 6.07 Å². The predicted octanol–water partition coefficient (Wildman–Crippen LogP) is 3.43. The lowest BCUT2D eigenvalue weighted by Gasteiger charge is -2.30. The number of hydrogen-bond donors (Lipinski definition) is 1. The molecular weight excluding hydrogens is 428 g/mol. The first-order valence-corrected chi connectivity index (χ1v) is 11.2. The summed E-state index contributed by atoms with van der Waals surface area (Å²) in [5.41, 5.74) is 1.32. The van der Waals surface area contributed by atoms with Crippen LogP contribution in [0.15, 0.2) is 64.2 Å². The first kappa shape index (κ1) is 20.5. The van der Waals surface area contributed by atoms with Crippen LogP contribution in [0.5, 0.6) is 0 Å². The number of rotatable bonds is 5. The van der Waals surface area contributed by atoms with Gasteiger partial charge in [-0.2, -0.15) is 4.31 Å². The molecular formula is C20H19ClN4O4S. The highest BCUT2D eigenvalue weighted by Crippen LogP contribution is 2.26. The molecule has 1 aliphatic heterocycles. The Labute approximate surface area is 178 Å². The van der Waals surface area contributed by atoms with Crippen molar-refractivity contribution in [1.29, 1.82) is 0 Å². The van der Waals surface area contributed by atoms with Gasteiger partial charge in [-0.25, -0.2) is 8.42 Å². The van der Waals surface area contributed by atoms with Crippen LogP contribution in [0.25, 0.3) is 11.5 Å². The third-order valence-electron chi connectivity index (χ3n) is 5.01. The van der Waals surface area contributed by atoms with Crippen LogP contribution in [0.1, 0.15) is 12.8 Å². The number of carbonyl (C=O) groups is 1. The number of sulfonamides is 1. The van der Waals surface area contributed by atoms with Gasteiger partial charge in [0.05, 0.1) is 4.90 Å².